The third kappa shape index (κ3) is 3.62. The van der Waals surface area contributed by atoms with Crippen LogP contribution in [0.2, 0.25) is 5.02 Å². The van der Waals surface area contributed by atoms with Crippen LogP contribution in [0.15, 0.2) is 54.7 Å². The van der Waals surface area contributed by atoms with E-state index in [1.54, 1.807) is 47.5 Å². The van der Waals surface area contributed by atoms with E-state index >= 15 is 0 Å². The van der Waals surface area contributed by atoms with Crippen molar-refractivity contribution in [2.24, 2.45) is 0 Å². The van der Waals surface area contributed by atoms with Crippen LogP contribution in [-0.4, -0.2) is 26.9 Å². The van der Waals surface area contributed by atoms with Crippen LogP contribution in [0.3, 0.4) is 0 Å². The summed E-state index contributed by atoms with van der Waals surface area (Å²) in [7, 11) is 0. The Balaban J connectivity index is 1.53. The van der Waals surface area contributed by atoms with Crippen LogP contribution in [-0.2, 0) is 13.1 Å². The number of imidazole rings is 1. The van der Waals surface area contributed by atoms with Crippen LogP contribution in [0, 0.1) is 23.2 Å². The van der Waals surface area contributed by atoms with Gasteiger partial charge in [0, 0.05) is 29.2 Å². The molecule has 2 heterocycles. The van der Waals surface area contributed by atoms with Gasteiger partial charge in [0.1, 0.15) is 0 Å². The number of aromatic nitrogens is 2. The van der Waals surface area contributed by atoms with Crippen molar-refractivity contribution in [1.82, 2.24) is 14.5 Å². The Morgan fingerprint density at radius 1 is 1.07 bits per heavy atom. The number of hydrogen-bond acceptors (Lipinski definition) is 3. The molecule has 0 radical (unpaired) electrons. The first-order chi connectivity index (χ1) is 13.6. The number of amides is 1. The Morgan fingerprint density at radius 3 is 2.71 bits per heavy atom. The molecular formula is C22H15ClN4O. The summed E-state index contributed by atoms with van der Waals surface area (Å²) in [4.78, 5) is 18.9. The topological polar surface area (TPSA) is 61.9 Å². The van der Waals surface area contributed by atoms with Crippen molar-refractivity contribution >= 4 is 17.5 Å². The van der Waals surface area contributed by atoms with E-state index in [0.717, 1.165) is 11.3 Å². The van der Waals surface area contributed by atoms with Crippen LogP contribution in [0.5, 0.6) is 0 Å². The molecule has 6 heteroatoms. The summed E-state index contributed by atoms with van der Waals surface area (Å²) < 4.78 is 2.03. The standard InChI is InChI=1S/C22H15ClN4O/c23-19-6-2-5-18(12-19)22(28)26-9-10-27-20(15-26)14-25-21(27)8-7-16-3-1-4-17(11-16)13-24/h1-6,11-12,14H,9-10,15H2. The maximum absolute atomic E-state index is 12.7. The third-order valence-electron chi connectivity index (χ3n) is 4.55. The Morgan fingerprint density at radius 2 is 1.89 bits per heavy atom. The Labute approximate surface area is 167 Å². The highest BCUT2D eigenvalue weighted by atomic mass is 35.5. The Hall–Kier alpha value is -3.54. The molecule has 0 saturated heterocycles. The monoisotopic (exact) mass is 386 g/mol. The van der Waals surface area contributed by atoms with Crippen LogP contribution in [0.1, 0.15) is 33.0 Å². The Bertz CT molecular complexity index is 1160. The van der Waals surface area contributed by atoms with E-state index in [4.69, 9.17) is 16.9 Å². The van der Waals surface area contributed by atoms with Crippen LogP contribution in [0.25, 0.3) is 0 Å². The molecular weight excluding hydrogens is 372 g/mol. The molecule has 1 aliphatic rings. The predicted molar refractivity (Wildman–Crippen MR) is 106 cm³/mol. The van der Waals surface area contributed by atoms with Crippen molar-refractivity contribution < 1.29 is 4.79 Å². The molecule has 3 aromatic rings. The zero-order chi connectivity index (χ0) is 19.5. The number of hydrogen-bond donors (Lipinski definition) is 0. The van der Waals surface area contributed by atoms with Gasteiger partial charge in [-0.25, -0.2) is 4.98 Å². The fourth-order valence-corrected chi connectivity index (χ4v) is 3.34. The van der Waals surface area contributed by atoms with E-state index in [1.807, 2.05) is 16.7 Å². The maximum atomic E-state index is 12.7. The molecule has 0 spiro atoms. The van der Waals surface area contributed by atoms with Crippen molar-refractivity contribution in [2.45, 2.75) is 13.1 Å². The van der Waals surface area contributed by atoms with Gasteiger partial charge in [-0.1, -0.05) is 29.7 Å². The van der Waals surface area contributed by atoms with E-state index < -0.39 is 0 Å². The summed E-state index contributed by atoms with van der Waals surface area (Å²) in [5, 5.41) is 9.53. The van der Waals surface area contributed by atoms with Crippen molar-refractivity contribution in [1.29, 1.82) is 5.26 Å². The van der Waals surface area contributed by atoms with Gasteiger partial charge >= 0.3 is 0 Å². The fraction of sp³-hybridized carbons (Fsp3) is 0.136. The van der Waals surface area contributed by atoms with Gasteiger partial charge in [0.25, 0.3) is 5.91 Å². The largest absolute Gasteiger partial charge is 0.331 e. The number of rotatable bonds is 1. The molecule has 1 amide bonds. The van der Waals surface area contributed by atoms with E-state index in [9.17, 15) is 4.79 Å². The summed E-state index contributed by atoms with van der Waals surface area (Å²) >= 11 is 6.00. The number of carbonyl (C=O) groups excluding carboxylic acids is 1. The lowest BCUT2D eigenvalue weighted by Gasteiger charge is -2.28. The summed E-state index contributed by atoms with van der Waals surface area (Å²) in [6.45, 7) is 1.68. The number of carbonyl (C=O) groups is 1. The van der Waals surface area contributed by atoms with Gasteiger partial charge in [-0.15, -0.1) is 0 Å². The van der Waals surface area contributed by atoms with Crippen LogP contribution >= 0.6 is 11.6 Å². The van der Waals surface area contributed by atoms with Crippen molar-refractivity contribution in [3.8, 4) is 17.9 Å². The Kier molecular flexibility index (Phi) is 4.85. The lowest BCUT2D eigenvalue weighted by Crippen LogP contribution is -2.38. The average Bonchev–Trinajstić information content (AvgIpc) is 3.14. The molecule has 136 valence electrons. The number of benzene rings is 2. The predicted octanol–water partition coefficient (Wildman–Crippen LogP) is 3.46. The van der Waals surface area contributed by atoms with Crippen LogP contribution in [0.4, 0.5) is 0 Å². The van der Waals surface area contributed by atoms with Gasteiger partial charge in [0.15, 0.2) is 5.82 Å². The molecule has 2 aromatic carbocycles. The smallest absolute Gasteiger partial charge is 0.254 e. The minimum Gasteiger partial charge on any atom is -0.331 e. The molecule has 0 bridgehead atoms. The molecule has 4 rings (SSSR count). The van der Waals surface area contributed by atoms with Gasteiger partial charge in [0.2, 0.25) is 0 Å². The van der Waals surface area contributed by atoms with Gasteiger partial charge in [-0.2, -0.15) is 5.26 Å². The molecule has 0 atom stereocenters. The summed E-state index contributed by atoms with van der Waals surface area (Å²) in [6.07, 6.45) is 1.76. The van der Waals surface area contributed by atoms with Gasteiger partial charge < -0.3 is 9.47 Å². The normalized spacial score (nSPS) is 12.5. The quantitative estimate of drug-likeness (QED) is 0.602. The lowest BCUT2D eigenvalue weighted by molar-refractivity contribution is 0.0711. The third-order valence-corrected chi connectivity index (χ3v) is 4.79. The highest BCUT2D eigenvalue weighted by Crippen LogP contribution is 2.19. The van der Waals surface area contributed by atoms with Gasteiger partial charge in [0.05, 0.1) is 30.1 Å². The zero-order valence-electron chi connectivity index (χ0n) is 14.9. The second kappa shape index (κ2) is 7.60. The minimum atomic E-state index is -0.0455. The second-order valence-corrected chi connectivity index (χ2v) is 6.84. The first-order valence-corrected chi connectivity index (χ1v) is 9.13. The van der Waals surface area contributed by atoms with Gasteiger partial charge in [-0.3, -0.25) is 4.79 Å². The van der Waals surface area contributed by atoms with E-state index in [2.05, 4.69) is 22.9 Å². The molecule has 0 aliphatic carbocycles. The molecule has 0 N–H and O–H groups in total. The number of halogens is 1. The first kappa shape index (κ1) is 17.9. The number of fused-ring (bicyclic) bond motifs is 1. The zero-order valence-corrected chi connectivity index (χ0v) is 15.6. The first-order valence-electron chi connectivity index (χ1n) is 8.75. The van der Waals surface area contributed by atoms with Crippen LogP contribution < -0.4 is 0 Å². The molecule has 0 saturated carbocycles. The van der Waals surface area contributed by atoms with Crippen molar-refractivity contribution in [3.05, 3.63) is 88.0 Å². The summed E-state index contributed by atoms with van der Waals surface area (Å²) in [5.74, 6) is 6.75. The summed E-state index contributed by atoms with van der Waals surface area (Å²) in [5.41, 5.74) is 2.87. The van der Waals surface area contributed by atoms with E-state index in [-0.39, 0.29) is 5.91 Å². The molecule has 1 aliphatic heterocycles. The molecule has 0 fully saturated rings. The maximum Gasteiger partial charge on any atom is 0.254 e. The van der Waals surface area contributed by atoms with Gasteiger partial charge in [-0.05, 0) is 42.3 Å². The molecule has 0 unspecified atom stereocenters. The fourth-order valence-electron chi connectivity index (χ4n) is 3.15. The minimum absolute atomic E-state index is 0.0455. The van der Waals surface area contributed by atoms with E-state index in [0.29, 0.717) is 41.6 Å². The van der Waals surface area contributed by atoms with Crippen molar-refractivity contribution in [3.63, 3.8) is 0 Å². The number of nitrogens with zero attached hydrogens (tertiary/aromatic N) is 4. The molecule has 1 aromatic heterocycles. The average molecular weight is 387 g/mol. The van der Waals surface area contributed by atoms with Crippen molar-refractivity contribution in [2.75, 3.05) is 6.54 Å². The highest BCUT2D eigenvalue weighted by Gasteiger charge is 2.23. The second-order valence-electron chi connectivity index (χ2n) is 6.40. The molecule has 5 nitrogen and oxygen atoms in total. The highest BCUT2D eigenvalue weighted by molar-refractivity contribution is 6.30. The lowest BCUT2D eigenvalue weighted by atomic mass is 10.1. The number of nitriles is 1. The molecule has 28 heavy (non-hydrogen) atoms. The SMILES string of the molecule is N#Cc1cccc(C#Cc2ncc3n2CCN(C(=O)c2cccc(Cl)c2)C3)c1. The summed E-state index contributed by atoms with van der Waals surface area (Å²) in [6, 6.07) is 16.3. The van der Waals surface area contributed by atoms with E-state index in [1.165, 1.54) is 0 Å².